The molecule has 1 aromatic carbocycles. The lowest BCUT2D eigenvalue weighted by atomic mass is 10.3. The van der Waals surface area contributed by atoms with Crippen molar-refractivity contribution in [2.75, 3.05) is 7.05 Å². The number of benzene rings is 1. The first-order valence-corrected chi connectivity index (χ1v) is 5.07. The standard InChI is InChI=1S/C11H12N4O2/c1-13-10(12)15-9-5-3-2-4-8(9)14(6-7-16)11(15)17/h2-5,7H,6H2,1H3,(H2,12,13). The number of aliphatic imine (C=N–C) groups is 1. The normalized spacial score (nSPS) is 11.9. The van der Waals surface area contributed by atoms with Gasteiger partial charge in [-0.05, 0) is 12.1 Å². The zero-order valence-corrected chi connectivity index (χ0v) is 9.33. The van der Waals surface area contributed by atoms with Crippen LogP contribution >= 0.6 is 0 Å². The third-order valence-electron chi connectivity index (χ3n) is 2.55. The Bertz CT molecular complexity index is 651. The van der Waals surface area contributed by atoms with Gasteiger partial charge < -0.3 is 10.5 Å². The Morgan fingerprint density at radius 1 is 1.41 bits per heavy atom. The second-order valence-corrected chi connectivity index (χ2v) is 3.47. The molecule has 0 atom stereocenters. The smallest absolute Gasteiger partial charge is 0.336 e. The van der Waals surface area contributed by atoms with E-state index >= 15 is 0 Å². The van der Waals surface area contributed by atoms with Crippen LogP contribution in [0.1, 0.15) is 0 Å². The first-order valence-electron chi connectivity index (χ1n) is 5.07. The molecule has 0 unspecified atom stereocenters. The Morgan fingerprint density at radius 2 is 2.06 bits per heavy atom. The van der Waals surface area contributed by atoms with E-state index in [-0.39, 0.29) is 18.2 Å². The summed E-state index contributed by atoms with van der Waals surface area (Å²) in [7, 11) is 1.51. The number of carbonyl (C=O) groups is 1. The summed E-state index contributed by atoms with van der Waals surface area (Å²) in [6.07, 6.45) is 0.678. The number of imidazole rings is 1. The van der Waals surface area contributed by atoms with E-state index in [9.17, 15) is 9.59 Å². The van der Waals surface area contributed by atoms with Crippen molar-refractivity contribution in [1.82, 2.24) is 9.13 Å². The summed E-state index contributed by atoms with van der Waals surface area (Å²) < 4.78 is 2.65. The lowest BCUT2D eigenvalue weighted by molar-refractivity contribution is -0.108. The highest BCUT2D eigenvalue weighted by Gasteiger charge is 2.13. The van der Waals surface area contributed by atoms with Crippen molar-refractivity contribution in [2.45, 2.75) is 6.54 Å². The van der Waals surface area contributed by atoms with Crippen LogP contribution in [-0.2, 0) is 11.3 Å². The molecule has 0 saturated carbocycles. The quantitative estimate of drug-likeness (QED) is 0.442. The third-order valence-corrected chi connectivity index (χ3v) is 2.55. The molecule has 6 nitrogen and oxygen atoms in total. The Labute approximate surface area is 97.0 Å². The predicted octanol–water partition coefficient (Wildman–Crippen LogP) is -0.205. The third kappa shape index (κ3) is 1.63. The van der Waals surface area contributed by atoms with E-state index < -0.39 is 0 Å². The molecule has 0 bridgehead atoms. The van der Waals surface area contributed by atoms with Crippen molar-refractivity contribution >= 4 is 23.3 Å². The Morgan fingerprint density at radius 3 is 2.65 bits per heavy atom. The molecule has 2 aromatic rings. The first-order chi connectivity index (χ1) is 8.20. The number of aldehydes is 1. The molecular weight excluding hydrogens is 220 g/mol. The fourth-order valence-electron chi connectivity index (χ4n) is 1.78. The minimum atomic E-state index is -0.360. The van der Waals surface area contributed by atoms with Crippen molar-refractivity contribution < 1.29 is 4.79 Å². The topological polar surface area (TPSA) is 82.4 Å². The monoisotopic (exact) mass is 232 g/mol. The van der Waals surface area contributed by atoms with Gasteiger partial charge in [0, 0.05) is 7.05 Å². The molecule has 17 heavy (non-hydrogen) atoms. The summed E-state index contributed by atoms with van der Waals surface area (Å²) in [6, 6.07) is 7.12. The highest BCUT2D eigenvalue weighted by molar-refractivity contribution is 5.91. The van der Waals surface area contributed by atoms with E-state index in [1.54, 1.807) is 24.3 Å². The molecule has 0 aliphatic rings. The second-order valence-electron chi connectivity index (χ2n) is 3.47. The highest BCUT2D eigenvalue weighted by atomic mass is 16.2. The molecule has 2 N–H and O–H groups in total. The molecule has 0 saturated heterocycles. The maximum absolute atomic E-state index is 12.1. The van der Waals surface area contributed by atoms with E-state index in [2.05, 4.69) is 4.99 Å². The summed E-state index contributed by atoms with van der Waals surface area (Å²) in [4.78, 5) is 26.5. The van der Waals surface area contributed by atoms with Gasteiger partial charge in [0.15, 0.2) is 0 Å². The van der Waals surface area contributed by atoms with E-state index in [0.717, 1.165) is 0 Å². The maximum atomic E-state index is 12.1. The Balaban J connectivity index is 2.89. The lowest BCUT2D eigenvalue weighted by Gasteiger charge is -1.99. The van der Waals surface area contributed by atoms with Crippen LogP contribution < -0.4 is 11.4 Å². The number of nitrogens with zero attached hydrogens (tertiary/aromatic N) is 3. The minimum absolute atomic E-state index is 0.00331. The SMILES string of the molecule is CN=C(N)n1c(=O)n(CC=O)c2ccccc21. The molecule has 0 aliphatic heterocycles. The molecule has 0 amide bonds. The van der Waals surface area contributed by atoms with Crippen LogP contribution in [0.3, 0.4) is 0 Å². The van der Waals surface area contributed by atoms with Crippen molar-refractivity contribution in [3.63, 3.8) is 0 Å². The summed E-state index contributed by atoms with van der Waals surface area (Å²) in [5, 5.41) is 0. The van der Waals surface area contributed by atoms with Gasteiger partial charge in [-0.3, -0.25) is 9.56 Å². The van der Waals surface area contributed by atoms with Gasteiger partial charge >= 0.3 is 5.69 Å². The Kier molecular flexibility index (Phi) is 2.78. The van der Waals surface area contributed by atoms with Gasteiger partial charge in [-0.25, -0.2) is 9.36 Å². The van der Waals surface area contributed by atoms with Crippen LogP contribution in [0.15, 0.2) is 34.1 Å². The van der Waals surface area contributed by atoms with E-state index in [1.165, 1.54) is 16.2 Å². The molecule has 1 aromatic heterocycles. The largest absolute Gasteiger partial charge is 0.369 e. The maximum Gasteiger partial charge on any atom is 0.336 e. The zero-order chi connectivity index (χ0) is 12.4. The average molecular weight is 232 g/mol. The zero-order valence-electron chi connectivity index (χ0n) is 9.33. The van der Waals surface area contributed by atoms with E-state index in [1.807, 2.05) is 0 Å². The molecule has 0 spiro atoms. The van der Waals surface area contributed by atoms with E-state index in [0.29, 0.717) is 17.3 Å². The molecule has 88 valence electrons. The fraction of sp³-hybridized carbons (Fsp3) is 0.182. The lowest BCUT2D eigenvalue weighted by Crippen LogP contribution is -2.34. The van der Waals surface area contributed by atoms with Gasteiger partial charge in [0.2, 0.25) is 5.96 Å². The summed E-state index contributed by atoms with van der Waals surface area (Å²) in [5.41, 5.74) is 6.63. The van der Waals surface area contributed by atoms with Crippen LogP contribution in [0.25, 0.3) is 11.0 Å². The number of carbonyl (C=O) groups excluding carboxylic acids is 1. The number of fused-ring (bicyclic) bond motifs is 1. The Hall–Kier alpha value is -2.37. The number of aromatic nitrogens is 2. The van der Waals surface area contributed by atoms with Crippen LogP contribution in [-0.4, -0.2) is 28.4 Å². The average Bonchev–Trinajstić information content (AvgIpc) is 2.63. The highest BCUT2D eigenvalue weighted by Crippen LogP contribution is 2.11. The molecular formula is C11H12N4O2. The van der Waals surface area contributed by atoms with Crippen LogP contribution in [0.2, 0.25) is 0 Å². The number of para-hydroxylation sites is 2. The van der Waals surface area contributed by atoms with Crippen LogP contribution in [0.5, 0.6) is 0 Å². The summed E-state index contributed by atoms with van der Waals surface area (Å²) in [5.74, 6) is 0.107. The summed E-state index contributed by atoms with van der Waals surface area (Å²) >= 11 is 0. The van der Waals surface area contributed by atoms with Crippen molar-refractivity contribution in [3.8, 4) is 0 Å². The fourth-order valence-corrected chi connectivity index (χ4v) is 1.78. The van der Waals surface area contributed by atoms with Crippen molar-refractivity contribution in [2.24, 2.45) is 10.7 Å². The second kappa shape index (κ2) is 4.25. The molecule has 1 heterocycles. The minimum Gasteiger partial charge on any atom is -0.369 e. The van der Waals surface area contributed by atoms with Gasteiger partial charge in [0.05, 0.1) is 17.6 Å². The van der Waals surface area contributed by atoms with E-state index in [4.69, 9.17) is 5.73 Å². The molecule has 0 aliphatic carbocycles. The molecule has 6 heteroatoms. The van der Waals surface area contributed by atoms with Gasteiger partial charge in [0.1, 0.15) is 6.29 Å². The van der Waals surface area contributed by atoms with Crippen molar-refractivity contribution in [1.29, 1.82) is 0 Å². The van der Waals surface area contributed by atoms with Gasteiger partial charge in [-0.15, -0.1) is 0 Å². The molecule has 0 fully saturated rings. The van der Waals surface area contributed by atoms with Gasteiger partial charge in [-0.1, -0.05) is 12.1 Å². The van der Waals surface area contributed by atoms with Crippen molar-refractivity contribution in [3.05, 3.63) is 34.7 Å². The predicted molar refractivity (Wildman–Crippen MR) is 65.2 cm³/mol. The first kappa shape index (κ1) is 11.1. The number of nitrogens with two attached hydrogens (primary N) is 1. The van der Waals surface area contributed by atoms with Gasteiger partial charge in [-0.2, -0.15) is 0 Å². The number of hydrogen-bond acceptors (Lipinski definition) is 3. The number of hydrogen-bond donors (Lipinski definition) is 1. The molecule has 2 rings (SSSR count). The molecule has 0 radical (unpaired) electrons. The van der Waals surface area contributed by atoms with Crippen LogP contribution in [0.4, 0.5) is 0 Å². The van der Waals surface area contributed by atoms with Crippen LogP contribution in [0, 0.1) is 0 Å². The summed E-state index contributed by atoms with van der Waals surface area (Å²) in [6.45, 7) is 0.00331. The van der Waals surface area contributed by atoms with Gasteiger partial charge in [0.25, 0.3) is 0 Å². The number of rotatable bonds is 2.